The lowest BCUT2D eigenvalue weighted by molar-refractivity contribution is -0.161. The summed E-state index contributed by atoms with van der Waals surface area (Å²) in [5.41, 5.74) is 0. The topological polar surface area (TPSA) is 160 Å². The Labute approximate surface area is 307 Å². The highest BCUT2D eigenvalue weighted by Gasteiger charge is 2.22. The summed E-state index contributed by atoms with van der Waals surface area (Å²) in [4.78, 5) is 42.7. The summed E-state index contributed by atoms with van der Waals surface area (Å²) in [5, 5.41) is 19.9. The maximum absolute atomic E-state index is 12.4. The Bertz CT molecular complexity index is 1090. The summed E-state index contributed by atoms with van der Waals surface area (Å²) in [7, 11) is -4.81. The molecule has 0 saturated heterocycles. The van der Waals surface area contributed by atoms with Crippen molar-refractivity contribution in [1.82, 2.24) is 0 Å². The van der Waals surface area contributed by atoms with E-state index in [0.717, 1.165) is 25.7 Å². The monoisotopic (exact) mass is 738 g/mol. The van der Waals surface area contributed by atoms with Crippen molar-refractivity contribution in [2.75, 3.05) is 13.2 Å². The number of phosphoric acid groups is 1. The molecule has 0 amide bonds. The SMILES string of the molecule is CC/C=C\C[C@H](O)/C=C/C=C\C/C=C\C=C\[C@H](O)/C=C\CCCC(=O)O[C@H](COC(=O)CCCCCCCCCCCCCC)COP(=O)(O)O. The van der Waals surface area contributed by atoms with Gasteiger partial charge in [-0.3, -0.25) is 14.1 Å². The number of aliphatic hydroxyl groups is 2. The second-order valence-corrected chi connectivity index (χ2v) is 13.8. The van der Waals surface area contributed by atoms with Crippen molar-refractivity contribution in [3.8, 4) is 0 Å². The van der Waals surface area contributed by atoms with E-state index in [-0.39, 0.29) is 19.4 Å². The highest BCUT2D eigenvalue weighted by atomic mass is 31.2. The normalized spacial score (nSPS) is 14.5. The number of unbranched alkanes of at least 4 members (excludes halogenated alkanes) is 12. The lowest BCUT2D eigenvalue weighted by Crippen LogP contribution is -2.29. The number of aliphatic hydroxyl groups excluding tert-OH is 2. The van der Waals surface area contributed by atoms with E-state index in [9.17, 15) is 24.4 Å². The molecule has 11 heteroatoms. The van der Waals surface area contributed by atoms with Gasteiger partial charge < -0.3 is 29.5 Å². The molecule has 0 fully saturated rings. The van der Waals surface area contributed by atoms with Gasteiger partial charge in [0.15, 0.2) is 6.10 Å². The molecule has 0 radical (unpaired) electrons. The first-order valence-electron chi connectivity index (χ1n) is 19.0. The van der Waals surface area contributed by atoms with E-state index in [1.54, 1.807) is 30.4 Å². The van der Waals surface area contributed by atoms with E-state index < -0.39 is 44.7 Å². The molecular weight excluding hydrogens is 671 g/mol. The van der Waals surface area contributed by atoms with Gasteiger partial charge >= 0.3 is 19.8 Å². The first kappa shape index (κ1) is 48.4. The highest BCUT2D eigenvalue weighted by Crippen LogP contribution is 2.36. The third-order valence-electron chi connectivity index (χ3n) is 7.66. The Morgan fingerprint density at radius 3 is 1.84 bits per heavy atom. The number of rotatable bonds is 33. The van der Waals surface area contributed by atoms with Gasteiger partial charge in [0.1, 0.15) is 6.61 Å². The van der Waals surface area contributed by atoms with Crippen molar-refractivity contribution in [2.24, 2.45) is 0 Å². The molecule has 0 heterocycles. The fraction of sp³-hybridized carbons (Fsp3) is 0.650. The van der Waals surface area contributed by atoms with E-state index >= 15 is 0 Å². The molecule has 4 N–H and O–H groups in total. The summed E-state index contributed by atoms with van der Waals surface area (Å²) >= 11 is 0. The fourth-order valence-corrected chi connectivity index (χ4v) is 5.18. The van der Waals surface area contributed by atoms with E-state index in [1.165, 1.54) is 51.4 Å². The minimum absolute atomic E-state index is 0.0236. The molecule has 0 unspecified atom stereocenters. The van der Waals surface area contributed by atoms with E-state index in [1.807, 2.05) is 42.5 Å². The van der Waals surface area contributed by atoms with Crippen molar-refractivity contribution in [3.63, 3.8) is 0 Å². The minimum atomic E-state index is -4.81. The van der Waals surface area contributed by atoms with Crippen molar-refractivity contribution in [2.45, 2.75) is 154 Å². The van der Waals surface area contributed by atoms with Gasteiger partial charge in [-0.1, -0.05) is 157 Å². The second kappa shape index (κ2) is 34.5. The smallest absolute Gasteiger partial charge is 0.462 e. The maximum atomic E-state index is 12.4. The molecule has 0 aliphatic carbocycles. The number of allylic oxidation sites excluding steroid dienone is 8. The largest absolute Gasteiger partial charge is 0.469 e. The van der Waals surface area contributed by atoms with Crippen LogP contribution in [0.5, 0.6) is 0 Å². The molecule has 0 spiro atoms. The predicted molar refractivity (Wildman–Crippen MR) is 205 cm³/mol. The zero-order valence-electron chi connectivity index (χ0n) is 31.2. The van der Waals surface area contributed by atoms with Crippen molar-refractivity contribution in [1.29, 1.82) is 0 Å². The van der Waals surface area contributed by atoms with Gasteiger partial charge in [0.05, 0.1) is 18.8 Å². The Morgan fingerprint density at radius 2 is 1.24 bits per heavy atom. The number of carbonyl (C=O) groups is 2. The molecule has 0 rings (SSSR count). The van der Waals surface area contributed by atoms with Crippen LogP contribution in [0, 0.1) is 0 Å². The van der Waals surface area contributed by atoms with E-state index in [4.69, 9.17) is 19.3 Å². The summed E-state index contributed by atoms with van der Waals surface area (Å²) in [6, 6.07) is 0. The molecule has 0 aromatic rings. The number of ether oxygens (including phenoxy) is 2. The quantitative estimate of drug-likeness (QED) is 0.0168. The van der Waals surface area contributed by atoms with Crippen LogP contribution in [0.25, 0.3) is 0 Å². The molecular formula is C40H67O10P. The average molecular weight is 739 g/mol. The molecule has 51 heavy (non-hydrogen) atoms. The zero-order valence-corrected chi connectivity index (χ0v) is 32.1. The Kier molecular flexibility index (Phi) is 32.7. The van der Waals surface area contributed by atoms with Crippen molar-refractivity contribution in [3.05, 3.63) is 72.9 Å². The van der Waals surface area contributed by atoms with Crippen LogP contribution in [0.2, 0.25) is 0 Å². The number of carbonyl (C=O) groups excluding carboxylic acids is 2. The van der Waals surface area contributed by atoms with Gasteiger partial charge in [-0.05, 0) is 38.5 Å². The van der Waals surface area contributed by atoms with Gasteiger partial charge in [0.2, 0.25) is 0 Å². The van der Waals surface area contributed by atoms with Crippen LogP contribution < -0.4 is 0 Å². The fourth-order valence-electron chi connectivity index (χ4n) is 4.82. The van der Waals surface area contributed by atoms with Gasteiger partial charge in [-0.15, -0.1) is 0 Å². The van der Waals surface area contributed by atoms with Crippen LogP contribution in [0.4, 0.5) is 0 Å². The van der Waals surface area contributed by atoms with Crippen LogP contribution in [0.15, 0.2) is 72.9 Å². The molecule has 3 atom stereocenters. The second-order valence-electron chi connectivity index (χ2n) is 12.6. The van der Waals surface area contributed by atoms with Crippen molar-refractivity contribution < 1.29 is 48.2 Å². The van der Waals surface area contributed by atoms with Crippen LogP contribution in [-0.4, -0.2) is 63.5 Å². The molecule has 0 aromatic heterocycles. The number of hydrogen-bond donors (Lipinski definition) is 4. The first-order chi connectivity index (χ1) is 24.6. The standard InChI is InChI=1S/C40H67O10P/c1-3-5-7-8-9-10-11-12-13-17-20-26-32-39(43)48-34-38(35-49-51(45,46)47)50-40(44)33-27-21-25-31-37(42)30-24-19-16-14-15-18-23-29-36(41)28-22-6-4-2/h6,15-16,18-19,22-25,29-31,36-38,41-42H,3-5,7-14,17,20-21,26-28,32-35H2,1-2H3,(H2,45,46,47)/b18-15-,19-16-,22-6-,29-23+,30-24+,31-25-/t36-,37-,38+/m0/s1. The molecule has 0 aromatic carbocycles. The van der Waals surface area contributed by atoms with Crippen LogP contribution >= 0.6 is 7.82 Å². The molecule has 0 saturated carbocycles. The molecule has 10 nitrogen and oxygen atoms in total. The maximum Gasteiger partial charge on any atom is 0.469 e. The lowest BCUT2D eigenvalue weighted by Gasteiger charge is -2.18. The molecule has 292 valence electrons. The van der Waals surface area contributed by atoms with Gasteiger partial charge in [0, 0.05) is 12.8 Å². The highest BCUT2D eigenvalue weighted by molar-refractivity contribution is 7.46. The summed E-state index contributed by atoms with van der Waals surface area (Å²) in [6.07, 6.45) is 37.0. The van der Waals surface area contributed by atoms with Gasteiger partial charge in [-0.2, -0.15) is 0 Å². The predicted octanol–water partition coefficient (Wildman–Crippen LogP) is 9.06. The van der Waals surface area contributed by atoms with Gasteiger partial charge in [0.25, 0.3) is 0 Å². The Balaban J connectivity index is 4.27. The molecule has 0 aliphatic rings. The first-order valence-corrected chi connectivity index (χ1v) is 20.5. The molecule has 0 bridgehead atoms. The minimum Gasteiger partial charge on any atom is -0.462 e. The van der Waals surface area contributed by atoms with Crippen molar-refractivity contribution >= 4 is 19.8 Å². The average Bonchev–Trinajstić information content (AvgIpc) is 3.08. The Hall–Kier alpha value is -2.59. The number of esters is 2. The molecule has 0 aliphatic heterocycles. The van der Waals surface area contributed by atoms with E-state index in [2.05, 4.69) is 18.4 Å². The summed E-state index contributed by atoms with van der Waals surface area (Å²) in [6.45, 7) is 3.31. The Morgan fingerprint density at radius 1 is 0.647 bits per heavy atom. The van der Waals surface area contributed by atoms with Crippen LogP contribution in [0.1, 0.15) is 136 Å². The van der Waals surface area contributed by atoms with E-state index in [0.29, 0.717) is 32.1 Å². The number of phosphoric ester groups is 1. The van der Waals surface area contributed by atoms with Crippen LogP contribution in [-0.2, 0) is 28.2 Å². The lowest BCUT2D eigenvalue weighted by atomic mass is 10.0. The summed E-state index contributed by atoms with van der Waals surface area (Å²) < 4.78 is 26.2. The third-order valence-corrected chi connectivity index (χ3v) is 8.15. The zero-order chi connectivity index (χ0) is 37.8. The number of hydrogen-bond acceptors (Lipinski definition) is 8. The van der Waals surface area contributed by atoms with Crippen LogP contribution in [0.3, 0.4) is 0 Å². The summed E-state index contributed by atoms with van der Waals surface area (Å²) in [5.74, 6) is -1.07. The third kappa shape index (κ3) is 37.0. The van der Waals surface area contributed by atoms with Gasteiger partial charge in [-0.25, -0.2) is 4.57 Å².